The minimum absolute atomic E-state index is 0.148. The molecule has 2 rings (SSSR count). The second kappa shape index (κ2) is 7.23. The minimum Gasteiger partial charge on any atom is -0.370 e. The Kier molecular flexibility index (Phi) is 5.34. The second-order valence-electron chi connectivity index (χ2n) is 5.30. The van der Waals surface area contributed by atoms with Gasteiger partial charge in [-0.05, 0) is 36.7 Å². The number of anilines is 1. The lowest BCUT2D eigenvalue weighted by Gasteiger charge is -2.24. The fourth-order valence-corrected chi connectivity index (χ4v) is 2.46. The summed E-state index contributed by atoms with van der Waals surface area (Å²) in [5.41, 5.74) is 4.20. The second-order valence-corrected chi connectivity index (χ2v) is 5.30. The van der Waals surface area contributed by atoms with Gasteiger partial charge in [0.05, 0.1) is 0 Å². The van der Waals surface area contributed by atoms with Crippen LogP contribution in [0.5, 0.6) is 0 Å². The summed E-state index contributed by atoms with van der Waals surface area (Å²) in [4.78, 5) is 2.11. The van der Waals surface area contributed by atoms with Crippen LogP contribution < -0.4 is 10.2 Å². The lowest BCUT2D eigenvalue weighted by atomic mass is 10.1. The molecule has 0 bridgehead atoms. The van der Waals surface area contributed by atoms with E-state index >= 15 is 0 Å². The predicted octanol–water partition coefficient (Wildman–Crippen LogP) is 3.88. The smallest absolute Gasteiger partial charge is 0.129 e. The van der Waals surface area contributed by atoms with Gasteiger partial charge in [0.15, 0.2) is 0 Å². The number of nitrogens with zero attached hydrogens (tertiary/aromatic N) is 1. The average molecular weight is 286 g/mol. The molecule has 2 aromatic carbocycles. The fraction of sp³-hybridized carbons (Fsp3) is 0.333. The normalized spacial score (nSPS) is 10.7. The summed E-state index contributed by atoms with van der Waals surface area (Å²) < 4.78 is 14.1. The number of aryl methyl sites for hydroxylation is 1. The zero-order valence-corrected chi connectivity index (χ0v) is 13.0. The van der Waals surface area contributed by atoms with Crippen molar-refractivity contribution in [1.29, 1.82) is 0 Å². The van der Waals surface area contributed by atoms with Gasteiger partial charge in [0.1, 0.15) is 5.82 Å². The molecule has 0 spiro atoms. The lowest BCUT2D eigenvalue weighted by molar-refractivity contribution is 0.592. The van der Waals surface area contributed by atoms with Crippen LogP contribution in [0.4, 0.5) is 10.1 Å². The Morgan fingerprint density at radius 1 is 1.10 bits per heavy atom. The van der Waals surface area contributed by atoms with Gasteiger partial charge in [0.25, 0.3) is 0 Å². The van der Waals surface area contributed by atoms with Gasteiger partial charge in [-0.3, -0.25) is 0 Å². The van der Waals surface area contributed by atoms with Crippen LogP contribution in [0, 0.1) is 12.7 Å². The molecule has 2 aromatic rings. The van der Waals surface area contributed by atoms with Crippen molar-refractivity contribution < 1.29 is 4.39 Å². The Hall–Kier alpha value is -1.87. The maximum absolute atomic E-state index is 14.1. The van der Waals surface area contributed by atoms with Crippen molar-refractivity contribution in [3.05, 3.63) is 65.0 Å². The highest BCUT2D eigenvalue weighted by molar-refractivity contribution is 5.54. The third-order valence-electron chi connectivity index (χ3n) is 3.73. The van der Waals surface area contributed by atoms with Crippen molar-refractivity contribution in [3.8, 4) is 0 Å². The van der Waals surface area contributed by atoms with Gasteiger partial charge in [-0.2, -0.15) is 0 Å². The van der Waals surface area contributed by atoms with Crippen LogP contribution in [-0.2, 0) is 13.1 Å². The van der Waals surface area contributed by atoms with E-state index in [0.29, 0.717) is 6.54 Å². The van der Waals surface area contributed by atoms with Crippen molar-refractivity contribution in [2.75, 3.05) is 18.5 Å². The molecule has 0 atom stereocenters. The summed E-state index contributed by atoms with van der Waals surface area (Å²) in [6.45, 7) is 6.28. The zero-order chi connectivity index (χ0) is 15.2. The van der Waals surface area contributed by atoms with E-state index in [1.54, 1.807) is 6.07 Å². The highest BCUT2D eigenvalue weighted by Crippen LogP contribution is 2.24. The molecule has 21 heavy (non-hydrogen) atoms. The minimum atomic E-state index is -0.148. The molecule has 0 aliphatic carbocycles. The topological polar surface area (TPSA) is 15.3 Å². The predicted molar refractivity (Wildman–Crippen MR) is 87.1 cm³/mol. The Labute approximate surface area is 126 Å². The molecule has 0 saturated carbocycles. The van der Waals surface area contributed by atoms with Gasteiger partial charge in [0, 0.05) is 31.4 Å². The third-order valence-corrected chi connectivity index (χ3v) is 3.73. The Morgan fingerprint density at radius 3 is 2.57 bits per heavy atom. The summed E-state index contributed by atoms with van der Waals surface area (Å²) in [5, 5.41) is 3.21. The lowest BCUT2D eigenvalue weighted by Crippen LogP contribution is -2.22. The first-order chi connectivity index (χ1) is 10.1. The molecule has 2 nitrogen and oxygen atoms in total. The molecule has 0 fully saturated rings. The van der Waals surface area contributed by atoms with E-state index in [0.717, 1.165) is 24.3 Å². The first kappa shape index (κ1) is 15.5. The number of benzene rings is 2. The van der Waals surface area contributed by atoms with Crippen LogP contribution in [0.25, 0.3) is 0 Å². The quantitative estimate of drug-likeness (QED) is 0.867. The van der Waals surface area contributed by atoms with Gasteiger partial charge in [0.2, 0.25) is 0 Å². The van der Waals surface area contributed by atoms with E-state index in [-0.39, 0.29) is 5.82 Å². The van der Waals surface area contributed by atoms with Crippen LogP contribution in [-0.4, -0.2) is 13.6 Å². The molecule has 0 aliphatic rings. The molecular weight excluding hydrogens is 263 g/mol. The van der Waals surface area contributed by atoms with E-state index in [4.69, 9.17) is 0 Å². The van der Waals surface area contributed by atoms with Crippen molar-refractivity contribution in [2.45, 2.75) is 26.9 Å². The summed E-state index contributed by atoms with van der Waals surface area (Å²) in [5.74, 6) is -0.148. The summed E-state index contributed by atoms with van der Waals surface area (Å²) >= 11 is 0. The summed E-state index contributed by atoms with van der Waals surface area (Å²) in [6, 6.07) is 13.6. The van der Waals surface area contributed by atoms with E-state index in [1.165, 1.54) is 17.2 Å². The van der Waals surface area contributed by atoms with Crippen LogP contribution >= 0.6 is 0 Å². The van der Waals surface area contributed by atoms with Crippen LogP contribution in [0.15, 0.2) is 42.5 Å². The van der Waals surface area contributed by atoms with Gasteiger partial charge < -0.3 is 10.2 Å². The highest BCUT2D eigenvalue weighted by Gasteiger charge is 2.12. The van der Waals surface area contributed by atoms with Crippen molar-refractivity contribution in [2.24, 2.45) is 0 Å². The van der Waals surface area contributed by atoms with Crippen LogP contribution in [0.2, 0.25) is 0 Å². The number of hydrogen-bond acceptors (Lipinski definition) is 2. The SMILES string of the molecule is CCNCc1c(F)cccc1N(C)Cc1ccccc1C. The first-order valence-corrected chi connectivity index (χ1v) is 7.37. The number of hydrogen-bond donors (Lipinski definition) is 1. The van der Waals surface area contributed by atoms with Crippen LogP contribution in [0.3, 0.4) is 0 Å². The molecule has 0 aliphatic heterocycles. The molecule has 0 radical (unpaired) electrons. The zero-order valence-electron chi connectivity index (χ0n) is 13.0. The molecule has 112 valence electrons. The maximum Gasteiger partial charge on any atom is 0.129 e. The first-order valence-electron chi connectivity index (χ1n) is 7.37. The van der Waals surface area contributed by atoms with Gasteiger partial charge >= 0.3 is 0 Å². The molecule has 0 heterocycles. The van der Waals surface area contributed by atoms with Gasteiger partial charge in [-0.25, -0.2) is 4.39 Å². The van der Waals surface area contributed by atoms with E-state index in [1.807, 2.05) is 32.2 Å². The number of nitrogens with one attached hydrogen (secondary N) is 1. The van der Waals surface area contributed by atoms with Crippen LogP contribution in [0.1, 0.15) is 23.6 Å². The van der Waals surface area contributed by atoms with E-state index < -0.39 is 0 Å². The van der Waals surface area contributed by atoms with E-state index in [2.05, 4.69) is 29.3 Å². The Morgan fingerprint density at radius 2 is 1.86 bits per heavy atom. The molecule has 0 saturated heterocycles. The molecule has 1 N–H and O–H groups in total. The van der Waals surface area contributed by atoms with Gasteiger partial charge in [-0.1, -0.05) is 37.3 Å². The van der Waals surface area contributed by atoms with Crippen molar-refractivity contribution >= 4 is 5.69 Å². The standard InChI is InChI=1S/C18H23FN2/c1-4-20-12-16-17(19)10-7-11-18(16)21(3)13-15-9-6-5-8-14(15)2/h5-11,20H,4,12-13H2,1-3H3. The highest BCUT2D eigenvalue weighted by atomic mass is 19.1. The Balaban J connectivity index is 2.24. The van der Waals surface area contributed by atoms with Gasteiger partial charge in [-0.15, -0.1) is 0 Å². The monoisotopic (exact) mass is 286 g/mol. The third kappa shape index (κ3) is 3.82. The fourth-order valence-electron chi connectivity index (χ4n) is 2.46. The van der Waals surface area contributed by atoms with E-state index in [9.17, 15) is 4.39 Å². The average Bonchev–Trinajstić information content (AvgIpc) is 2.48. The molecular formula is C18H23FN2. The summed E-state index contributed by atoms with van der Waals surface area (Å²) in [7, 11) is 2.01. The number of halogens is 1. The summed E-state index contributed by atoms with van der Waals surface area (Å²) in [6.07, 6.45) is 0. The molecule has 0 unspecified atom stereocenters. The molecule has 0 aromatic heterocycles. The van der Waals surface area contributed by atoms with Crippen molar-refractivity contribution in [3.63, 3.8) is 0 Å². The molecule has 3 heteroatoms. The van der Waals surface area contributed by atoms with Crippen molar-refractivity contribution in [1.82, 2.24) is 5.32 Å². The number of rotatable bonds is 6. The molecule has 0 amide bonds. The largest absolute Gasteiger partial charge is 0.370 e. The Bertz CT molecular complexity index is 596. The maximum atomic E-state index is 14.1.